The Labute approximate surface area is 125 Å². The molecule has 2 aromatic rings. The summed E-state index contributed by atoms with van der Waals surface area (Å²) in [4.78, 5) is 13.7. The molecule has 108 valence electrons. The molecule has 4 heteroatoms. The van der Waals surface area contributed by atoms with Crippen LogP contribution in [0.3, 0.4) is 0 Å². The fourth-order valence-corrected chi connectivity index (χ4v) is 1.98. The fourth-order valence-electron chi connectivity index (χ4n) is 1.98. The summed E-state index contributed by atoms with van der Waals surface area (Å²) in [6.45, 7) is 8.28. The summed E-state index contributed by atoms with van der Waals surface area (Å²) in [6, 6.07) is 11.5. The molecule has 21 heavy (non-hydrogen) atoms. The van der Waals surface area contributed by atoms with Crippen molar-refractivity contribution in [2.24, 2.45) is 0 Å². The van der Waals surface area contributed by atoms with Crippen molar-refractivity contribution in [2.45, 2.75) is 0 Å². The lowest BCUT2D eigenvalue weighted by atomic mass is 10.3. The molecule has 0 aliphatic carbocycles. The maximum Gasteiger partial charge on any atom is 0.322 e. The number of benzene rings is 1. The van der Waals surface area contributed by atoms with Crippen molar-refractivity contribution in [3.63, 3.8) is 0 Å². The van der Waals surface area contributed by atoms with Gasteiger partial charge in [-0.05, 0) is 36.4 Å². The predicted octanol–water partition coefficient (Wildman–Crippen LogP) is 3.68. The first-order valence-electron chi connectivity index (χ1n) is 6.75. The van der Waals surface area contributed by atoms with Crippen LogP contribution in [0.15, 0.2) is 74.1 Å². The Bertz CT molecular complexity index is 589. The molecule has 0 spiro atoms. The van der Waals surface area contributed by atoms with Crippen molar-refractivity contribution >= 4 is 11.7 Å². The molecule has 2 amide bonds. The lowest BCUT2D eigenvalue weighted by Crippen LogP contribution is -2.35. The van der Waals surface area contributed by atoms with E-state index in [1.165, 1.54) is 0 Å². The second-order valence-corrected chi connectivity index (χ2v) is 4.55. The first kappa shape index (κ1) is 14.7. The maximum absolute atomic E-state index is 12.1. The average Bonchev–Trinajstić information content (AvgIpc) is 3.02. The van der Waals surface area contributed by atoms with E-state index in [1.807, 2.05) is 53.4 Å². The lowest BCUT2D eigenvalue weighted by molar-refractivity contribution is 0.222. The summed E-state index contributed by atoms with van der Waals surface area (Å²) in [5.74, 6) is 0. The van der Waals surface area contributed by atoms with Crippen LogP contribution in [0.2, 0.25) is 0 Å². The first-order chi connectivity index (χ1) is 10.2. The molecule has 0 radical (unpaired) electrons. The lowest BCUT2D eigenvalue weighted by Gasteiger charge is -2.20. The number of carbonyl (C=O) groups excluding carboxylic acids is 1. The van der Waals surface area contributed by atoms with Crippen LogP contribution in [-0.4, -0.2) is 28.6 Å². The monoisotopic (exact) mass is 281 g/mol. The summed E-state index contributed by atoms with van der Waals surface area (Å²) < 4.78 is 2.01. The molecule has 1 aromatic heterocycles. The van der Waals surface area contributed by atoms with Gasteiger partial charge in [-0.3, -0.25) is 0 Å². The Morgan fingerprint density at radius 1 is 1.10 bits per heavy atom. The molecule has 0 aliphatic rings. The van der Waals surface area contributed by atoms with Crippen LogP contribution >= 0.6 is 0 Å². The van der Waals surface area contributed by atoms with E-state index < -0.39 is 0 Å². The zero-order valence-electron chi connectivity index (χ0n) is 11.9. The molecule has 1 heterocycles. The molecule has 0 atom stereocenters. The van der Waals surface area contributed by atoms with E-state index in [9.17, 15) is 4.79 Å². The van der Waals surface area contributed by atoms with Gasteiger partial charge in [0.05, 0.1) is 0 Å². The molecular weight excluding hydrogens is 262 g/mol. The third kappa shape index (κ3) is 3.86. The van der Waals surface area contributed by atoms with Crippen molar-refractivity contribution in [2.75, 3.05) is 18.4 Å². The molecule has 0 unspecified atom stereocenters. The van der Waals surface area contributed by atoms with Gasteiger partial charge in [-0.15, -0.1) is 13.2 Å². The minimum Gasteiger partial charge on any atom is -0.324 e. The summed E-state index contributed by atoms with van der Waals surface area (Å²) in [6.07, 6.45) is 7.34. The smallest absolute Gasteiger partial charge is 0.322 e. The highest BCUT2D eigenvalue weighted by molar-refractivity contribution is 5.89. The number of carbonyl (C=O) groups is 1. The van der Waals surface area contributed by atoms with Crippen LogP contribution in [0.25, 0.3) is 5.69 Å². The summed E-state index contributed by atoms with van der Waals surface area (Å²) >= 11 is 0. The van der Waals surface area contributed by atoms with E-state index in [4.69, 9.17) is 0 Å². The number of nitrogens with zero attached hydrogens (tertiary/aromatic N) is 2. The molecule has 1 N–H and O–H groups in total. The largest absolute Gasteiger partial charge is 0.324 e. The van der Waals surface area contributed by atoms with Gasteiger partial charge in [0.25, 0.3) is 0 Å². The molecule has 0 aliphatic heterocycles. The second kappa shape index (κ2) is 7.14. The normalized spacial score (nSPS) is 9.90. The van der Waals surface area contributed by atoms with E-state index in [-0.39, 0.29) is 6.03 Å². The summed E-state index contributed by atoms with van der Waals surface area (Å²) in [5.41, 5.74) is 1.81. The molecule has 0 saturated carbocycles. The molecule has 1 aromatic carbocycles. The zero-order chi connectivity index (χ0) is 15.1. The topological polar surface area (TPSA) is 37.3 Å². The van der Waals surface area contributed by atoms with Crippen LogP contribution in [0.1, 0.15) is 0 Å². The number of amides is 2. The minimum absolute atomic E-state index is 0.163. The highest BCUT2D eigenvalue weighted by Gasteiger charge is 2.10. The number of nitrogens with one attached hydrogen (secondary N) is 1. The SMILES string of the molecule is C=CCN(CC=C)C(=O)Nc1ccc(-n2cccc2)cc1. The summed E-state index contributed by atoms with van der Waals surface area (Å²) in [5, 5.41) is 2.87. The van der Waals surface area contributed by atoms with Crippen molar-refractivity contribution in [3.05, 3.63) is 74.1 Å². The zero-order valence-corrected chi connectivity index (χ0v) is 11.9. The molecule has 0 fully saturated rings. The van der Waals surface area contributed by atoms with Gasteiger partial charge in [0.2, 0.25) is 0 Å². The van der Waals surface area contributed by atoms with Gasteiger partial charge >= 0.3 is 6.03 Å². The van der Waals surface area contributed by atoms with Crippen LogP contribution in [-0.2, 0) is 0 Å². The second-order valence-electron chi connectivity index (χ2n) is 4.55. The Balaban J connectivity index is 2.03. The Morgan fingerprint density at radius 3 is 2.19 bits per heavy atom. The minimum atomic E-state index is -0.163. The van der Waals surface area contributed by atoms with Gasteiger partial charge in [0.1, 0.15) is 0 Å². The highest BCUT2D eigenvalue weighted by atomic mass is 16.2. The van der Waals surface area contributed by atoms with Crippen LogP contribution in [0.5, 0.6) is 0 Å². The van der Waals surface area contributed by atoms with Gasteiger partial charge in [0.15, 0.2) is 0 Å². The average molecular weight is 281 g/mol. The standard InChI is InChI=1S/C17H19N3O/c1-3-11-20(12-4-2)17(21)18-15-7-9-16(10-8-15)19-13-5-6-14-19/h3-10,13-14H,1-2,11-12H2,(H,18,21). The van der Waals surface area contributed by atoms with Gasteiger partial charge < -0.3 is 14.8 Å². The van der Waals surface area contributed by atoms with E-state index in [0.717, 1.165) is 11.4 Å². The number of hydrogen-bond donors (Lipinski definition) is 1. The number of hydrogen-bond acceptors (Lipinski definition) is 1. The van der Waals surface area contributed by atoms with E-state index in [2.05, 4.69) is 18.5 Å². The first-order valence-corrected chi connectivity index (χ1v) is 6.75. The fraction of sp³-hybridized carbons (Fsp3) is 0.118. The van der Waals surface area contributed by atoms with Crippen LogP contribution in [0.4, 0.5) is 10.5 Å². The Kier molecular flexibility index (Phi) is 4.99. The van der Waals surface area contributed by atoms with Crippen molar-refractivity contribution in [1.82, 2.24) is 9.47 Å². The third-order valence-corrected chi connectivity index (χ3v) is 3.01. The predicted molar refractivity (Wildman–Crippen MR) is 86.8 cm³/mol. The van der Waals surface area contributed by atoms with Gasteiger partial charge in [-0.1, -0.05) is 12.2 Å². The number of aromatic nitrogens is 1. The van der Waals surface area contributed by atoms with Crippen LogP contribution < -0.4 is 5.32 Å². The Hall–Kier alpha value is -2.75. The van der Waals surface area contributed by atoms with Crippen molar-refractivity contribution in [3.8, 4) is 5.69 Å². The van der Waals surface area contributed by atoms with E-state index in [1.54, 1.807) is 17.1 Å². The van der Waals surface area contributed by atoms with Gasteiger partial charge in [-0.25, -0.2) is 4.79 Å². The molecular formula is C17H19N3O. The molecule has 2 rings (SSSR count). The number of urea groups is 1. The maximum atomic E-state index is 12.1. The van der Waals surface area contributed by atoms with Crippen molar-refractivity contribution < 1.29 is 4.79 Å². The van der Waals surface area contributed by atoms with E-state index >= 15 is 0 Å². The number of rotatable bonds is 6. The number of anilines is 1. The highest BCUT2D eigenvalue weighted by Crippen LogP contribution is 2.14. The van der Waals surface area contributed by atoms with Gasteiger partial charge in [0, 0.05) is 36.9 Å². The van der Waals surface area contributed by atoms with Gasteiger partial charge in [-0.2, -0.15) is 0 Å². The van der Waals surface area contributed by atoms with Crippen molar-refractivity contribution in [1.29, 1.82) is 0 Å². The van der Waals surface area contributed by atoms with E-state index in [0.29, 0.717) is 13.1 Å². The third-order valence-electron chi connectivity index (χ3n) is 3.01. The van der Waals surface area contributed by atoms with Crippen LogP contribution in [0, 0.1) is 0 Å². The molecule has 0 bridgehead atoms. The quantitative estimate of drug-likeness (QED) is 0.806. The molecule has 4 nitrogen and oxygen atoms in total. The summed E-state index contributed by atoms with van der Waals surface area (Å²) in [7, 11) is 0. The Morgan fingerprint density at radius 2 is 1.67 bits per heavy atom. The molecule has 0 saturated heterocycles.